The zero-order chi connectivity index (χ0) is 16.7. The minimum atomic E-state index is -0.701. The molecule has 1 saturated carbocycles. The highest BCUT2D eigenvalue weighted by molar-refractivity contribution is 6.32. The standard InChI is InChI=1S/C17H19ClN2O4/c18-12-8-11(9-13-14(12)24-7-6-23-13)10-20-15(21)17(19-16(20)22)4-2-1-3-5-17/h8-9H,1-7,10H2,(H,19,22). The van der Waals surface area contributed by atoms with Gasteiger partial charge in [-0.3, -0.25) is 9.69 Å². The van der Waals surface area contributed by atoms with Gasteiger partial charge in [0.25, 0.3) is 5.91 Å². The highest BCUT2D eigenvalue weighted by Crippen LogP contribution is 2.39. The summed E-state index contributed by atoms with van der Waals surface area (Å²) in [4.78, 5) is 26.5. The SMILES string of the molecule is O=C1NC2(CCCCC2)C(=O)N1Cc1cc(Cl)c2c(c1)OCCO2. The van der Waals surface area contributed by atoms with Crippen LogP contribution in [0.5, 0.6) is 11.5 Å². The molecular weight excluding hydrogens is 332 g/mol. The summed E-state index contributed by atoms with van der Waals surface area (Å²) in [6.45, 7) is 1.10. The molecule has 0 aromatic heterocycles. The van der Waals surface area contributed by atoms with Crippen LogP contribution in [0, 0.1) is 0 Å². The smallest absolute Gasteiger partial charge is 0.325 e. The van der Waals surface area contributed by atoms with Gasteiger partial charge in [-0.2, -0.15) is 0 Å². The van der Waals surface area contributed by atoms with Crippen molar-refractivity contribution < 1.29 is 19.1 Å². The number of hydrogen-bond acceptors (Lipinski definition) is 4. The monoisotopic (exact) mass is 350 g/mol. The van der Waals surface area contributed by atoms with Crippen LogP contribution in [0.15, 0.2) is 12.1 Å². The summed E-state index contributed by atoms with van der Waals surface area (Å²) in [6, 6.07) is 3.18. The maximum Gasteiger partial charge on any atom is 0.325 e. The van der Waals surface area contributed by atoms with Crippen molar-refractivity contribution in [3.05, 3.63) is 22.7 Å². The number of rotatable bonds is 2. The average molecular weight is 351 g/mol. The Kier molecular flexibility index (Phi) is 3.79. The second kappa shape index (κ2) is 5.84. The molecule has 1 spiro atoms. The number of hydrogen-bond donors (Lipinski definition) is 1. The summed E-state index contributed by atoms with van der Waals surface area (Å²) in [5.74, 6) is 0.953. The van der Waals surface area contributed by atoms with Crippen LogP contribution in [0.25, 0.3) is 0 Å². The zero-order valence-electron chi connectivity index (χ0n) is 13.3. The first-order chi connectivity index (χ1) is 11.6. The Morgan fingerprint density at radius 1 is 1.12 bits per heavy atom. The molecule has 1 aliphatic carbocycles. The van der Waals surface area contributed by atoms with Gasteiger partial charge in [-0.05, 0) is 30.5 Å². The van der Waals surface area contributed by atoms with E-state index in [1.165, 1.54) is 4.90 Å². The molecule has 0 radical (unpaired) electrons. The number of ether oxygens (including phenoxy) is 2. The van der Waals surface area contributed by atoms with E-state index >= 15 is 0 Å². The molecule has 1 aromatic carbocycles. The van der Waals surface area contributed by atoms with Crippen LogP contribution in [0.1, 0.15) is 37.7 Å². The number of urea groups is 1. The third-order valence-electron chi connectivity index (χ3n) is 4.95. The molecule has 128 valence electrons. The number of nitrogens with one attached hydrogen (secondary N) is 1. The minimum Gasteiger partial charge on any atom is -0.486 e. The molecule has 0 bridgehead atoms. The van der Waals surface area contributed by atoms with E-state index in [0.717, 1.165) is 37.7 Å². The number of imide groups is 1. The normalized spacial score (nSPS) is 22.0. The van der Waals surface area contributed by atoms with E-state index in [-0.39, 0.29) is 18.5 Å². The Balaban J connectivity index is 1.58. The molecule has 1 saturated heterocycles. The highest BCUT2D eigenvalue weighted by atomic mass is 35.5. The molecule has 24 heavy (non-hydrogen) atoms. The maximum atomic E-state index is 12.8. The summed E-state index contributed by atoms with van der Waals surface area (Å²) in [5, 5.41) is 3.35. The van der Waals surface area contributed by atoms with Crippen LogP contribution in [0.2, 0.25) is 5.02 Å². The summed E-state index contributed by atoms with van der Waals surface area (Å²) in [5.41, 5.74) is 0.0491. The second-order valence-electron chi connectivity index (χ2n) is 6.57. The number of benzene rings is 1. The number of halogens is 1. The van der Waals surface area contributed by atoms with Gasteiger partial charge in [-0.1, -0.05) is 30.9 Å². The van der Waals surface area contributed by atoms with E-state index < -0.39 is 5.54 Å². The van der Waals surface area contributed by atoms with Crippen LogP contribution in [0.4, 0.5) is 4.79 Å². The third kappa shape index (κ3) is 2.49. The number of fused-ring (bicyclic) bond motifs is 1. The van der Waals surface area contributed by atoms with Crippen LogP contribution in [-0.2, 0) is 11.3 Å². The average Bonchev–Trinajstić information content (AvgIpc) is 2.80. The van der Waals surface area contributed by atoms with E-state index in [1.54, 1.807) is 12.1 Å². The van der Waals surface area contributed by atoms with E-state index in [0.29, 0.717) is 29.7 Å². The van der Waals surface area contributed by atoms with Gasteiger partial charge in [0, 0.05) is 0 Å². The van der Waals surface area contributed by atoms with Crippen LogP contribution in [-0.4, -0.2) is 35.6 Å². The van der Waals surface area contributed by atoms with E-state index in [4.69, 9.17) is 21.1 Å². The van der Waals surface area contributed by atoms with Crippen molar-refractivity contribution in [3.63, 3.8) is 0 Å². The Morgan fingerprint density at radius 2 is 1.88 bits per heavy atom. The molecule has 3 aliphatic rings. The first kappa shape index (κ1) is 15.6. The molecule has 2 aliphatic heterocycles. The molecule has 2 fully saturated rings. The number of amides is 3. The van der Waals surface area contributed by atoms with Crippen molar-refractivity contribution in [3.8, 4) is 11.5 Å². The molecule has 6 nitrogen and oxygen atoms in total. The molecule has 3 amide bonds. The lowest BCUT2D eigenvalue weighted by Crippen LogP contribution is -2.48. The predicted octanol–water partition coefficient (Wildman–Crippen LogP) is 2.87. The van der Waals surface area contributed by atoms with Gasteiger partial charge in [0.1, 0.15) is 18.8 Å². The molecule has 7 heteroatoms. The first-order valence-corrected chi connectivity index (χ1v) is 8.69. The van der Waals surface area contributed by atoms with Crippen LogP contribution in [0.3, 0.4) is 0 Å². The molecule has 1 N–H and O–H groups in total. The van der Waals surface area contributed by atoms with Crippen LogP contribution < -0.4 is 14.8 Å². The fraction of sp³-hybridized carbons (Fsp3) is 0.529. The van der Waals surface area contributed by atoms with Crippen molar-refractivity contribution >= 4 is 23.5 Å². The van der Waals surface area contributed by atoms with Gasteiger partial charge in [0.2, 0.25) is 0 Å². The molecule has 1 aromatic rings. The van der Waals surface area contributed by atoms with Gasteiger partial charge in [0.05, 0.1) is 11.6 Å². The van der Waals surface area contributed by atoms with E-state index in [9.17, 15) is 9.59 Å². The lowest BCUT2D eigenvalue weighted by Gasteiger charge is -2.30. The summed E-state index contributed by atoms with van der Waals surface area (Å²) < 4.78 is 11.1. The predicted molar refractivity (Wildman–Crippen MR) is 87.3 cm³/mol. The van der Waals surface area contributed by atoms with E-state index in [1.807, 2.05) is 0 Å². The quantitative estimate of drug-likeness (QED) is 0.833. The van der Waals surface area contributed by atoms with Gasteiger partial charge in [-0.25, -0.2) is 4.79 Å². The fourth-order valence-corrected chi connectivity index (χ4v) is 4.04. The molecule has 2 heterocycles. The minimum absolute atomic E-state index is 0.127. The molecule has 0 unspecified atom stereocenters. The highest BCUT2D eigenvalue weighted by Gasteiger charge is 2.51. The summed E-state index contributed by atoms with van der Waals surface area (Å²) in [7, 11) is 0. The summed E-state index contributed by atoms with van der Waals surface area (Å²) in [6.07, 6.45) is 4.49. The maximum absolute atomic E-state index is 12.8. The lowest BCUT2D eigenvalue weighted by molar-refractivity contribution is -0.132. The molecule has 0 atom stereocenters. The lowest BCUT2D eigenvalue weighted by atomic mass is 9.82. The Morgan fingerprint density at radius 3 is 2.67 bits per heavy atom. The Hall–Kier alpha value is -1.95. The number of carbonyl (C=O) groups excluding carboxylic acids is 2. The second-order valence-corrected chi connectivity index (χ2v) is 6.97. The third-order valence-corrected chi connectivity index (χ3v) is 5.23. The fourth-order valence-electron chi connectivity index (χ4n) is 3.75. The van der Waals surface area contributed by atoms with Gasteiger partial charge >= 0.3 is 6.03 Å². The van der Waals surface area contributed by atoms with Crippen LogP contribution >= 0.6 is 11.6 Å². The largest absolute Gasteiger partial charge is 0.486 e. The van der Waals surface area contributed by atoms with Gasteiger partial charge in [0.15, 0.2) is 11.5 Å². The topological polar surface area (TPSA) is 67.9 Å². The van der Waals surface area contributed by atoms with Gasteiger partial charge in [-0.15, -0.1) is 0 Å². The van der Waals surface area contributed by atoms with Crippen molar-refractivity contribution in [2.75, 3.05) is 13.2 Å². The van der Waals surface area contributed by atoms with Crippen molar-refractivity contribution in [2.45, 2.75) is 44.2 Å². The Labute approximate surface area is 145 Å². The zero-order valence-corrected chi connectivity index (χ0v) is 14.0. The number of carbonyl (C=O) groups is 2. The number of nitrogens with zero attached hydrogens (tertiary/aromatic N) is 1. The van der Waals surface area contributed by atoms with E-state index in [2.05, 4.69) is 5.32 Å². The molecule has 4 rings (SSSR count). The first-order valence-electron chi connectivity index (χ1n) is 8.31. The Bertz CT molecular complexity index is 700. The van der Waals surface area contributed by atoms with Crippen molar-refractivity contribution in [1.29, 1.82) is 0 Å². The summed E-state index contributed by atoms with van der Waals surface area (Å²) >= 11 is 6.24. The van der Waals surface area contributed by atoms with Gasteiger partial charge < -0.3 is 14.8 Å². The van der Waals surface area contributed by atoms with Crippen molar-refractivity contribution in [2.24, 2.45) is 0 Å². The van der Waals surface area contributed by atoms with Crippen molar-refractivity contribution in [1.82, 2.24) is 10.2 Å². The molecular formula is C17H19ClN2O4.